The summed E-state index contributed by atoms with van der Waals surface area (Å²) in [7, 11) is 1.35. The first-order valence-electron chi connectivity index (χ1n) is 4.49. The molecule has 4 N–H and O–H groups in total. The third-order valence-corrected chi connectivity index (χ3v) is 2.16. The van der Waals surface area contributed by atoms with E-state index in [4.69, 9.17) is 10.5 Å². The van der Waals surface area contributed by atoms with Crippen LogP contribution in [0.2, 0.25) is 0 Å². The highest BCUT2D eigenvalue weighted by molar-refractivity contribution is 5.70. The first-order valence-corrected chi connectivity index (χ1v) is 4.49. The Kier molecular flexibility index (Phi) is 2.40. The molecule has 0 amide bonds. The van der Waals surface area contributed by atoms with E-state index in [0.29, 0.717) is 11.3 Å². The quantitative estimate of drug-likeness (QED) is 0.720. The maximum Gasteiger partial charge on any atom is 0.168 e. The number of phenols is 1. The molecule has 0 bridgehead atoms. The maximum absolute atomic E-state index is 13.2. The highest BCUT2D eigenvalue weighted by Gasteiger charge is 2.12. The molecule has 0 fully saturated rings. The van der Waals surface area contributed by atoms with Crippen molar-refractivity contribution in [3.05, 3.63) is 24.0 Å². The molecule has 0 spiro atoms. The summed E-state index contributed by atoms with van der Waals surface area (Å²) in [5.74, 6) is -0.503. The van der Waals surface area contributed by atoms with E-state index in [1.54, 1.807) is 0 Å². The molecule has 5 nitrogen and oxygen atoms in total. The predicted octanol–water partition coefficient (Wildman–Crippen LogP) is 1.51. The Morgan fingerprint density at radius 1 is 1.44 bits per heavy atom. The number of ether oxygens (including phenoxy) is 1. The number of nitrogens with one attached hydrogen (secondary N) is 1. The first-order chi connectivity index (χ1) is 7.61. The lowest BCUT2D eigenvalue weighted by Crippen LogP contribution is -1.90. The number of methoxy groups -OCH3 is 1. The van der Waals surface area contributed by atoms with Gasteiger partial charge in [0.15, 0.2) is 11.6 Å². The fraction of sp³-hybridized carbons (Fsp3) is 0.100. The van der Waals surface area contributed by atoms with Crippen molar-refractivity contribution in [1.29, 1.82) is 0 Å². The van der Waals surface area contributed by atoms with E-state index < -0.39 is 5.82 Å². The van der Waals surface area contributed by atoms with Crippen molar-refractivity contribution in [2.45, 2.75) is 0 Å². The van der Waals surface area contributed by atoms with Gasteiger partial charge in [0, 0.05) is 17.7 Å². The van der Waals surface area contributed by atoms with Crippen molar-refractivity contribution in [3.63, 3.8) is 0 Å². The minimum Gasteiger partial charge on any atom is -0.507 e. The molecule has 2 aromatic rings. The monoisotopic (exact) mass is 223 g/mol. The van der Waals surface area contributed by atoms with E-state index in [1.807, 2.05) is 0 Å². The fourth-order valence-electron chi connectivity index (χ4n) is 1.39. The zero-order chi connectivity index (χ0) is 11.7. The van der Waals surface area contributed by atoms with Gasteiger partial charge in [0.2, 0.25) is 0 Å². The third kappa shape index (κ3) is 1.65. The van der Waals surface area contributed by atoms with Crippen LogP contribution >= 0.6 is 0 Å². The minimum absolute atomic E-state index is 0.0426. The van der Waals surface area contributed by atoms with Crippen molar-refractivity contribution in [2.24, 2.45) is 0 Å². The van der Waals surface area contributed by atoms with Crippen LogP contribution in [0, 0.1) is 5.82 Å². The highest BCUT2D eigenvalue weighted by atomic mass is 19.1. The maximum atomic E-state index is 13.2. The van der Waals surface area contributed by atoms with Crippen molar-refractivity contribution < 1.29 is 14.2 Å². The minimum atomic E-state index is -0.628. The van der Waals surface area contributed by atoms with Gasteiger partial charge in [-0.1, -0.05) is 0 Å². The van der Waals surface area contributed by atoms with Crippen LogP contribution in [0.4, 0.5) is 10.2 Å². The standard InChI is InChI=1S/C10H10FN3O2/c1-16-9-2-5(8(15)3-6(9)11)7-4-10(12)14-13-7/h2-4,15H,1H3,(H3,12,13,14). The topological polar surface area (TPSA) is 84.2 Å². The molecule has 0 aliphatic carbocycles. The number of halogens is 1. The van der Waals surface area contributed by atoms with E-state index in [9.17, 15) is 9.50 Å². The van der Waals surface area contributed by atoms with Crippen LogP contribution in [0.3, 0.4) is 0 Å². The predicted molar refractivity (Wildman–Crippen MR) is 56.6 cm³/mol. The Balaban J connectivity index is 2.56. The summed E-state index contributed by atoms with van der Waals surface area (Å²) in [6.45, 7) is 0. The Morgan fingerprint density at radius 3 is 2.75 bits per heavy atom. The molecule has 1 aromatic carbocycles. The first kappa shape index (κ1) is 10.3. The lowest BCUT2D eigenvalue weighted by Gasteiger charge is -2.06. The van der Waals surface area contributed by atoms with Crippen LogP contribution in [0.1, 0.15) is 0 Å². The number of nitrogen functional groups attached to an aromatic ring is 1. The number of hydrogen-bond acceptors (Lipinski definition) is 4. The summed E-state index contributed by atoms with van der Waals surface area (Å²) in [5.41, 5.74) is 6.31. The van der Waals surface area contributed by atoms with Crippen LogP contribution in [-0.4, -0.2) is 22.4 Å². The van der Waals surface area contributed by atoms with Gasteiger partial charge in [-0.05, 0) is 6.07 Å². The Hall–Kier alpha value is -2.24. The van der Waals surface area contributed by atoms with Gasteiger partial charge in [0.05, 0.1) is 12.8 Å². The van der Waals surface area contributed by atoms with Gasteiger partial charge < -0.3 is 15.6 Å². The lowest BCUT2D eigenvalue weighted by atomic mass is 10.1. The van der Waals surface area contributed by atoms with Gasteiger partial charge in [0.25, 0.3) is 0 Å². The fourth-order valence-corrected chi connectivity index (χ4v) is 1.39. The molecular weight excluding hydrogens is 213 g/mol. The molecule has 2 rings (SSSR count). The lowest BCUT2D eigenvalue weighted by molar-refractivity contribution is 0.383. The summed E-state index contributed by atoms with van der Waals surface area (Å²) in [6, 6.07) is 3.88. The average Bonchev–Trinajstić information content (AvgIpc) is 2.65. The van der Waals surface area contributed by atoms with E-state index in [1.165, 1.54) is 19.2 Å². The summed E-state index contributed by atoms with van der Waals surface area (Å²) < 4.78 is 18.0. The molecule has 1 heterocycles. The van der Waals surface area contributed by atoms with E-state index in [2.05, 4.69) is 10.2 Å². The second kappa shape index (κ2) is 3.73. The smallest absolute Gasteiger partial charge is 0.168 e. The zero-order valence-corrected chi connectivity index (χ0v) is 8.49. The molecule has 16 heavy (non-hydrogen) atoms. The Morgan fingerprint density at radius 2 is 2.19 bits per heavy atom. The molecule has 84 valence electrons. The molecule has 0 saturated heterocycles. The Labute approximate surface area is 90.7 Å². The summed E-state index contributed by atoms with van der Waals surface area (Å²) in [5, 5.41) is 15.9. The van der Waals surface area contributed by atoms with E-state index in [0.717, 1.165) is 6.07 Å². The second-order valence-corrected chi connectivity index (χ2v) is 3.21. The zero-order valence-electron chi connectivity index (χ0n) is 8.49. The van der Waals surface area contributed by atoms with Gasteiger partial charge in [-0.2, -0.15) is 5.10 Å². The molecule has 0 aliphatic rings. The second-order valence-electron chi connectivity index (χ2n) is 3.21. The normalized spacial score (nSPS) is 10.4. The highest BCUT2D eigenvalue weighted by Crippen LogP contribution is 2.33. The average molecular weight is 223 g/mol. The van der Waals surface area contributed by atoms with Crippen LogP contribution in [-0.2, 0) is 0 Å². The van der Waals surface area contributed by atoms with Crippen molar-refractivity contribution in [1.82, 2.24) is 10.2 Å². The van der Waals surface area contributed by atoms with Crippen molar-refractivity contribution in [3.8, 4) is 22.8 Å². The summed E-state index contributed by atoms with van der Waals surface area (Å²) in [6.07, 6.45) is 0. The van der Waals surface area contributed by atoms with E-state index in [-0.39, 0.29) is 17.3 Å². The third-order valence-electron chi connectivity index (χ3n) is 2.16. The van der Waals surface area contributed by atoms with Gasteiger partial charge >= 0.3 is 0 Å². The molecular formula is C10H10FN3O2. The summed E-state index contributed by atoms with van der Waals surface area (Å²) >= 11 is 0. The van der Waals surface area contributed by atoms with Crippen LogP contribution in [0.15, 0.2) is 18.2 Å². The number of aromatic hydroxyl groups is 1. The molecule has 0 saturated carbocycles. The van der Waals surface area contributed by atoms with Crippen molar-refractivity contribution in [2.75, 3.05) is 12.8 Å². The number of nitrogens with zero attached hydrogens (tertiary/aromatic N) is 1. The number of aromatic amines is 1. The molecule has 0 aliphatic heterocycles. The summed E-state index contributed by atoms with van der Waals surface area (Å²) in [4.78, 5) is 0. The number of anilines is 1. The van der Waals surface area contributed by atoms with E-state index >= 15 is 0 Å². The van der Waals surface area contributed by atoms with Crippen LogP contribution in [0.5, 0.6) is 11.5 Å². The van der Waals surface area contributed by atoms with Crippen LogP contribution in [0.25, 0.3) is 11.3 Å². The number of hydrogen-bond donors (Lipinski definition) is 3. The number of benzene rings is 1. The van der Waals surface area contributed by atoms with Gasteiger partial charge in [-0.15, -0.1) is 0 Å². The molecule has 0 atom stereocenters. The SMILES string of the molecule is COc1cc(-c2cc(N)n[nH]2)c(O)cc1F. The molecule has 6 heteroatoms. The Bertz CT molecular complexity index is 525. The molecule has 0 unspecified atom stereocenters. The number of phenolic OH excluding ortho intramolecular Hbond substituents is 1. The molecule has 0 radical (unpaired) electrons. The van der Waals surface area contributed by atoms with Gasteiger partial charge in [-0.3, -0.25) is 5.10 Å². The van der Waals surface area contributed by atoms with Crippen molar-refractivity contribution >= 4 is 5.82 Å². The van der Waals surface area contributed by atoms with Crippen LogP contribution < -0.4 is 10.5 Å². The van der Waals surface area contributed by atoms with Gasteiger partial charge in [-0.25, -0.2) is 4.39 Å². The number of H-pyrrole nitrogens is 1. The molecule has 1 aromatic heterocycles. The number of aromatic nitrogens is 2. The largest absolute Gasteiger partial charge is 0.507 e. The number of nitrogens with two attached hydrogens (primary N) is 1. The van der Waals surface area contributed by atoms with Gasteiger partial charge in [0.1, 0.15) is 11.6 Å². The number of rotatable bonds is 2.